The molecule has 2 aromatic carbocycles. The molecule has 0 bridgehead atoms. The molecule has 0 radical (unpaired) electrons. The Balaban J connectivity index is 1.65. The summed E-state index contributed by atoms with van der Waals surface area (Å²) in [6.45, 7) is 3.25. The van der Waals surface area contributed by atoms with Crippen LogP contribution in [-0.2, 0) is 17.9 Å². The summed E-state index contributed by atoms with van der Waals surface area (Å²) in [4.78, 5) is 2.34. The van der Waals surface area contributed by atoms with Crippen LogP contribution in [0, 0.1) is 0 Å². The molecule has 3 rings (SSSR count). The van der Waals surface area contributed by atoms with Gasteiger partial charge in [-0.25, -0.2) is 0 Å². The van der Waals surface area contributed by atoms with Crippen LogP contribution in [0.4, 0.5) is 11.4 Å². The number of rotatable bonds is 6. The first-order valence-electron chi connectivity index (χ1n) is 8.59. The first-order valence-corrected chi connectivity index (χ1v) is 8.59. The summed E-state index contributed by atoms with van der Waals surface area (Å²) in [5, 5.41) is 13.2. The summed E-state index contributed by atoms with van der Waals surface area (Å²) in [5.41, 5.74) is 4.81. The predicted molar refractivity (Wildman–Crippen MR) is 98.4 cm³/mol. The zero-order valence-electron chi connectivity index (χ0n) is 14.2. The van der Waals surface area contributed by atoms with Crippen LogP contribution in [0.3, 0.4) is 0 Å². The van der Waals surface area contributed by atoms with Gasteiger partial charge in [0.1, 0.15) is 0 Å². The van der Waals surface area contributed by atoms with Crippen molar-refractivity contribution in [3.8, 4) is 0 Å². The van der Waals surface area contributed by atoms with Crippen LogP contribution >= 0.6 is 0 Å². The number of aliphatic hydroxyl groups is 1. The van der Waals surface area contributed by atoms with Crippen molar-refractivity contribution in [1.82, 2.24) is 0 Å². The minimum absolute atomic E-state index is 0.139. The maximum Gasteiger partial charge on any atom is 0.0716 e. The number of methoxy groups -OCH3 is 1. The van der Waals surface area contributed by atoms with E-state index in [-0.39, 0.29) is 6.10 Å². The number of aliphatic hydroxyl groups excluding tert-OH is 1. The van der Waals surface area contributed by atoms with Crippen molar-refractivity contribution in [2.24, 2.45) is 0 Å². The number of nitrogens with one attached hydrogen (secondary N) is 1. The lowest BCUT2D eigenvalue weighted by atomic mass is 10.1. The van der Waals surface area contributed by atoms with Crippen LogP contribution < -0.4 is 10.2 Å². The molecule has 1 heterocycles. The molecule has 0 aliphatic carbocycles. The first-order chi connectivity index (χ1) is 11.8. The van der Waals surface area contributed by atoms with Gasteiger partial charge in [-0.05, 0) is 42.2 Å². The number of hydrogen-bond acceptors (Lipinski definition) is 4. The molecule has 1 aliphatic heterocycles. The van der Waals surface area contributed by atoms with E-state index in [4.69, 9.17) is 4.74 Å². The van der Waals surface area contributed by atoms with E-state index in [0.717, 1.165) is 38.2 Å². The molecule has 0 atom stereocenters. The maximum atomic E-state index is 9.66. The summed E-state index contributed by atoms with van der Waals surface area (Å²) in [6.07, 6.45) is 1.56. The molecule has 2 aromatic rings. The lowest BCUT2D eigenvalue weighted by Crippen LogP contribution is -2.35. The Morgan fingerprint density at radius 1 is 1.08 bits per heavy atom. The zero-order chi connectivity index (χ0) is 16.8. The van der Waals surface area contributed by atoms with Gasteiger partial charge in [-0.2, -0.15) is 0 Å². The molecule has 4 heteroatoms. The number of benzene rings is 2. The Morgan fingerprint density at radius 3 is 2.58 bits per heavy atom. The van der Waals surface area contributed by atoms with Gasteiger partial charge in [-0.3, -0.25) is 0 Å². The van der Waals surface area contributed by atoms with Gasteiger partial charge in [0.15, 0.2) is 0 Å². The largest absolute Gasteiger partial charge is 0.393 e. The Kier molecular flexibility index (Phi) is 5.72. The lowest BCUT2D eigenvalue weighted by Gasteiger charge is -2.31. The van der Waals surface area contributed by atoms with Crippen molar-refractivity contribution in [3.63, 3.8) is 0 Å². The van der Waals surface area contributed by atoms with Crippen LogP contribution in [0.1, 0.15) is 24.0 Å². The van der Waals surface area contributed by atoms with E-state index in [9.17, 15) is 5.11 Å². The van der Waals surface area contributed by atoms with Gasteiger partial charge in [0.05, 0.1) is 12.7 Å². The predicted octanol–water partition coefficient (Wildman–Crippen LogP) is 3.41. The van der Waals surface area contributed by atoms with Crippen molar-refractivity contribution >= 4 is 11.4 Å². The molecule has 0 spiro atoms. The third-order valence-corrected chi connectivity index (χ3v) is 4.58. The van der Waals surface area contributed by atoms with Gasteiger partial charge in [0.25, 0.3) is 0 Å². The van der Waals surface area contributed by atoms with E-state index in [1.165, 1.54) is 16.8 Å². The lowest BCUT2D eigenvalue weighted by molar-refractivity contribution is 0.145. The summed E-state index contributed by atoms with van der Waals surface area (Å²) >= 11 is 0. The van der Waals surface area contributed by atoms with Gasteiger partial charge in [0, 0.05) is 38.1 Å². The molecule has 1 aliphatic rings. The summed E-state index contributed by atoms with van der Waals surface area (Å²) in [5.74, 6) is 0. The topological polar surface area (TPSA) is 44.7 Å². The van der Waals surface area contributed by atoms with Gasteiger partial charge < -0.3 is 20.1 Å². The second kappa shape index (κ2) is 8.18. The van der Waals surface area contributed by atoms with Gasteiger partial charge in [-0.1, -0.05) is 30.3 Å². The van der Waals surface area contributed by atoms with Crippen LogP contribution in [0.5, 0.6) is 0 Å². The minimum atomic E-state index is -0.139. The number of nitrogens with zero attached hydrogens (tertiary/aromatic N) is 1. The molecular formula is C20H26N2O2. The maximum absolute atomic E-state index is 9.66. The molecule has 4 nitrogen and oxygen atoms in total. The number of hydrogen-bond donors (Lipinski definition) is 2. The Hall–Kier alpha value is -2.04. The van der Waals surface area contributed by atoms with E-state index in [0.29, 0.717) is 6.61 Å². The molecule has 0 saturated carbocycles. The molecule has 1 fully saturated rings. The fourth-order valence-electron chi connectivity index (χ4n) is 3.16. The minimum Gasteiger partial charge on any atom is -0.393 e. The van der Waals surface area contributed by atoms with Crippen LogP contribution in [0.15, 0.2) is 48.5 Å². The molecule has 0 aromatic heterocycles. The summed E-state index contributed by atoms with van der Waals surface area (Å²) in [6, 6.07) is 16.9. The van der Waals surface area contributed by atoms with Crippen molar-refractivity contribution in [2.75, 3.05) is 30.4 Å². The molecular weight excluding hydrogens is 300 g/mol. The average Bonchev–Trinajstić information content (AvgIpc) is 2.62. The number of ether oxygens (including phenoxy) is 1. The Bertz CT molecular complexity index is 652. The number of piperidine rings is 1. The van der Waals surface area contributed by atoms with Crippen LogP contribution in [0.25, 0.3) is 0 Å². The Morgan fingerprint density at radius 2 is 1.83 bits per heavy atom. The highest BCUT2D eigenvalue weighted by Crippen LogP contribution is 2.24. The van der Waals surface area contributed by atoms with Crippen molar-refractivity contribution in [1.29, 1.82) is 0 Å². The van der Waals surface area contributed by atoms with Gasteiger partial charge in [0.2, 0.25) is 0 Å². The van der Waals surface area contributed by atoms with Crippen molar-refractivity contribution in [2.45, 2.75) is 32.1 Å². The highest BCUT2D eigenvalue weighted by atomic mass is 16.5. The normalized spacial score (nSPS) is 15.5. The highest BCUT2D eigenvalue weighted by Gasteiger charge is 2.17. The van der Waals surface area contributed by atoms with E-state index in [1.807, 2.05) is 6.07 Å². The molecule has 0 amide bonds. The third kappa shape index (κ3) is 4.28. The zero-order valence-corrected chi connectivity index (χ0v) is 14.2. The van der Waals surface area contributed by atoms with Gasteiger partial charge in [-0.15, -0.1) is 0 Å². The van der Waals surface area contributed by atoms with E-state index in [2.05, 4.69) is 52.7 Å². The van der Waals surface area contributed by atoms with Crippen molar-refractivity contribution in [3.05, 3.63) is 59.7 Å². The SMILES string of the molecule is COCc1ccccc1CNc1cccc(N2CCC(O)CC2)c1. The van der Waals surface area contributed by atoms with Gasteiger partial charge >= 0.3 is 0 Å². The molecule has 24 heavy (non-hydrogen) atoms. The highest BCUT2D eigenvalue weighted by molar-refractivity contribution is 5.58. The molecule has 128 valence electrons. The fraction of sp³-hybridized carbons (Fsp3) is 0.400. The molecule has 1 saturated heterocycles. The monoisotopic (exact) mass is 326 g/mol. The third-order valence-electron chi connectivity index (χ3n) is 4.58. The van der Waals surface area contributed by atoms with Crippen LogP contribution in [0.2, 0.25) is 0 Å². The standard InChI is InChI=1S/C20H26N2O2/c1-24-15-17-6-3-2-5-16(17)14-21-18-7-4-8-19(13-18)22-11-9-20(23)10-12-22/h2-8,13,20-21,23H,9-12,14-15H2,1H3. The second-order valence-electron chi connectivity index (χ2n) is 6.32. The quantitative estimate of drug-likeness (QED) is 0.854. The average molecular weight is 326 g/mol. The first kappa shape index (κ1) is 16.8. The summed E-state index contributed by atoms with van der Waals surface area (Å²) < 4.78 is 5.27. The van der Waals surface area contributed by atoms with Crippen molar-refractivity contribution < 1.29 is 9.84 Å². The van der Waals surface area contributed by atoms with E-state index < -0.39 is 0 Å². The number of anilines is 2. The molecule has 0 unspecified atom stereocenters. The second-order valence-corrected chi connectivity index (χ2v) is 6.32. The van der Waals surface area contributed by atoms with Crippen LogP contribution in [-0.4, -0.2) is 31.4 Å². The summed E-state index contributed by atoms with van der Waals surface area (Å²) in [7, 11) is 1.73. The molecule has 2 N–H and O–H groups in total. The van der Waals surface area contributed by atoms with E-state index >= 15 is 0 Å². The Labute approximate surface area is 144 Å². The smallest absolute Gasteiger partial charge is 0.0716 e. The van der Waals surface area contributed by atoms with E-state index in [1.54, 1.807) is 7.11 Å². The fourth-order valence-corrected chi connectivity index (χ4v) is 3.16.